The fraction of sp³-hybridized carbons (Fsp3) is 0.258. The highest BCUT2D eigenvalue weighted by molar-refractivity contribution is 7.88. The number of nitrogen functional groups attached to an aromatic ring is 1. The van der Waals surface area contributed by atoms with Gasteiger partial charge in [0.15, 0.2) is 11.6 Å². The molecule has 2 aromatic carbocycles. The van der Waals surface area contributed by atoms with E-state index < -0.39 is 15.8 Å². The number of halogens is 1. The highest BCUT2D eigenvalue weighted by Gasteiger charge is 2.27. The number of rotatable bonds is 7. The SMILES string of the molecule is Cc1cc2cc(C(=O)c3cnn(-c4cnc(Oc5ccccc5F)cc4C)c3N)[nH]c2cc1C1CCN(S(C)(=O)=O)CC1. The van der Waals surface area contributed by atoms with E-state index in [4.69, 9.17) is 10.5 Å². The Balaban J connectivity index is 1.23. The summed E-state index contributed by atoms with van der Waals surface area (Å²) in [5.41, 5.74) is 11.4. The summed E-state index contributed by atoms with van der Waals surface area (Å²) >= 11 is 0. The number of nitrogens with zero attached hydrogens (tertiary/aromatic N) is 4. The number of hydrogen-bond acceptors (Lipinski definition) is 7. The minimum absolute atomic E-state index is 0.0617. The quantitative estimate of drug-likeness (QED) is 0.243. The van der Waals surface area contributed by atoms with Crippen LogP contribution < -0.4 is 10.5 Å². The number of pyridine rings is 1. The predicted molar refractivity (Wildman–Crippen MR) is 162 cm³/mol. The van der Waals surface area contributed by atoms with E-state index in [9.17, 15) is 17.6 Å². The van der Waals surface area contributed by atoms with E-state index in [0.717, 1.165) is 34.9 Å². The van der Waals surface area contributed by atoms with Crippen molar-refractivity contribution < 1.29 is 22.3 Å². The van der Waals surface area contributed by atoms with Crippen LogP contribution in [0.25, 0.3) is 16.6 Å². The number of anilines is 1. The van der Waals surface area contributed by atoms with Crippen LogP contribution in [-0.4, -0.2) is 57.6 Å². The first-order valence-corrected chi connectivity index (χ1v) is 15.7. The summed E-state index contributed by atoms with van der Waals surface area (Å²) < 4.78 is 46.4. The zero-order chi connectivity index (χ0) is 30.5. The van der Waals surface area contributed by atoms with Gasteiger partial charge >= 0.3 is 0 Å². The molecule has 1 aliphatic heterocycles. The lowest BCUT2D eigenvalue weighted by atomic mass is 9.87. The van der Waals surface area contributed by atoms with E-state index in [1.54, 1.807) is 24.3 Å². The van der Waals surface area contributed by atoms with Gasteiger partial charge in [-0.1, -0.05) is 12.1 Å². The number of H-pyrrole nitrogens is 1. The lowest BCUT2D eigenvalue weighted by molar-refractivity contribution is 0.103. The number of aryl methyl sites for hydroxylation is 2. The van der Waals surface area contributed by atoms with Crippen LogP contribution in [0, 0.1) is 19.7 Å². The lowest BCUT2D eigenvalue weighted by Gasteiger charge is -2.31. The molecule has 1 saturated heterocycles. The molecule has 3 aromatic heterocycles. The second-order valence-corrected chi connectivity index (χ2v) is 12.9. The van der Waals surface area contributed by atoms with Gasteiger partial charge in [-0.15, -0.1) is 0 Å². The Morgan fingerprint density at radius 2 is 1.81 bits per heavy atom. The maximum absolute atomic E-state index is 14.0. The molecule has 43 heavy (non-hydrogen) atoms. The molecule has 0 aliphatic carbocycles. The van der Waals surface area contributed by atoms with E-state index in [2.05, 4.69) is 21.1 Å². The summed E-state index contributed by atoms with van der Waals surface area (Å²) in [7, 11) is -3.20. The first kappa shape index (κ1) is 28.6. The average Bonchev–Trinajstić information content (AvgIpc) is 3.56. The summed E-state index contributed by atoms with van der Waals surface area (Å²) in [6, 6.07) is 13.6. The summed E-state index contributed by atoms with van der Waals surface area (Å²) in [6.07, 6.45) is 5.67. The minimum atomic E-state index is -3.20. The summed E-state index contributed by atoms with van der Waals surface area (Å²) in [5.74, 6) is -0.131. The summed E-state index contributed by atoms with van der Waals surface area (Å²) in [4.78, 5) is 21.1. The topological polar surface area (TPSA) is 136 Å². The molecular weight excluding hydrogens is 571 g/mol. The number of carbonyl (C=O) groups excluding carboxylic acids is 1. The van der Waals surface area contributed by atoms with Crippen LogP contribution in [0.15, 0.2) is 60.9 Å². The maximum atomic E-state index is 14.0. The molecule has 0 atom stereocenters. The van der Waals surface area contributed by atoms with Gasteiger partial charge in [0.2, 0.25) is 21.7 Å². The van der Waals surface area contributed by atoms with Crippen LogP contribution in [0.3, 0.4) is 0 Å². The van der Waals surface area contributed by atoms with Crippen LogP contribution in [0.2, 0.25) is 0 Å². The third-order valence-electron chi connectivity index (χ3n) is 8.00. The first-order chi connectivity index (χ1) is 20.5. The molecule has 0 spiro atoms. The third kappa shape index (κ3) is 5.51. The molecule has 10 nitrogen and oxygen atoms in total. The van der Waals surface area contributed by atoms with Crippen molar-refractivity contribution in [2.45, 2.75) is 32.6 Å². The molecule has 1 aliphatic rings. The van der Waals surface area contributed by atoms with E-state index in [1.165, 1.54) is 39.8 Å². The Kier molecular flexibility index (Phi) is 7.26. The molecule has 0 saturated carbocycles. The van der Waals surface area contributed by atoms with Gasteiger partial charge in [-0.2, -0.15) is 5.10 Å². The van der Waals surface area contributed by atoms with Gasteiger partial charge in [-0.05, 0) is 79.6 Å². The summed E-state index contributed by atoms with van der Waals surface area (Å²) in [6.45, 7) is 4.85. The average molecular weight is 603 g/mol. The molecule has 12 heteroatoms. The number of ether oxygens (including phenoxy) is 1. The molecule has 0 radical (unpaired) electrons. The fourth-order valence-electron chi connectivity index (χ4n) is 5.68. The van der Waals surface area contributed by atoms with Crippen molar-refractivity contribution >= 4 is 32.5 Å². The lowest BCUT2D eigenvalue weighted by Crippen LogP contribution is -2.37. The second kappa shape index (κ2) is 10.9. The number of hydrogen-bond donors (Lipinski definition) is 2. The number of benzene rings is 2. The number of sulfonamides is 1. The molecule has 1 fully saturated rings. The number of aromatic nitrogens is 4. The van der Waals surface area contributed by atoms with Crippen molar-refractivity contribution in [1.82, 2.24) is 24.1 Å². The van der Waals surface area contributed by atoms with Crippen LogP contribution in [-0.2, 0) is 10.0 Å². The largest absolute Gasteiger partial charge is 0.436 e. The van der Waals surface area contributed by atoms with Gasteiger partial charge in [0.05, 0.1) is 35.6 Å². The number of aromatic amines is 1. The van der Waals surface area contributed by atoms with E-state index >= 15 is 0 Å². The number of fused-ring (bicyclic) bond motifs is 1. The molecule has 0 amide bonds. The standard InChI is InChI=1S/C31H31FN6O4S/c1-18-12-21-14-26(36-25(21)15-22(18)20-8-10-37(11-9-20)43(3,40)41)30(39)23-16-35-38(31(23)33)27-17-34-29(13-19(27)2)42-28-7-5-4-6-24(28)32/h4-7,12-17,20,36H,8-11,33H2,1-3H3. The smallest absolute Gasteiger partial charge is 0.219 e. The number of ketones is 1. The van der Waals surface area contributed by atoms with E-state index in [0.29, 0.717) is 30.0 Å². The normalized spacial score (nSPS) is 14.8. The van der Waals surface area contributed by atoms with Crippen molar-refractivity contribution in [3.63, 3.8) is 0 Å². The van der Waals surface area contributed by atoms with Gasteiger partial charge in [-0.25, -0.2) is 26.8 Å². The molecular formula is C31H31FN6O4S. The Hall–Kier alpha value is -4.55. The van der Waals surface area contributed by atoms with Crippen LogP contribution in [0.1, 0.15) is 51.5 Å². The Morgan fingerprint density at radius 3 is 2.51 bits per heavy atom. The zero-order valence-electron chi connectivity index (χ0n) is 24.0. The number of nitrogens with two attached hydrogens (primary N) is 1. The number of piperidine rings is 1. The van der Waals surface area contributed by atoms with Gasteiger partial charge in [-0.3, -0.25) is 4.79 Å². The van der Waals surface area contributed by atoms with Crippen LogP contribution >= 0.6 is 0 Å². The second-order valence-electron chi connectivity index (χ2n) is 10.9. The first-order valence-electron chi connectivity index (χ1n) is 13.9. The van der Waals surface area contributed by atoms with Crippen molar-refractivity contribution in [1.29, 1.82) is 0 Å². The summed E-state index contributed by atoms with van der Waals surface area (Å²) in [5, 5.41) is 5.25. The van der Waals surface area contributed by atoms with Gasteiger partial charge < -0.3 is 15.5 Å². The Labute approximate surface area is 248 Å². The molecule has 6 rings (SSSR count). The molecule has 4 heterocycles. The highest BCUT2D eigenvalue weighted by atomic mass is 32.2. The van der Waals surface area contributed by atoms with Crippen LogP contribution in [0.4, 0.5) is 10.2 Å². The number of para-hydroxylation sites is 1. The minimum Gasteiger partial charge on any atom is -0.436 e. The Bertz CT molecular complexity index is 1980. The number of carbonyl (C=O) groups is 1. The Morgan fingerprint density at radius 1 is 1.07 bits per heavy atom. The third-order valence-corrected chi connectivity index (χ3v) is 9.31. The maximum Gasteiger partial charge on any atom is 0.219 e. The molecule has 222 valence electrons. The zero-order valence-corrected chi connectivity index (χ0v) is 24.8. The predicted octanol–water partition coefficient (Wildman–Crippen LogP) is 5.25. The van der Waals surface area contributed by atoms with Gasteiger partial charge in [0.25, 0.3) is 0 Å². The fourth-order valence-corrected chi connectivity index (χ4v) is 6.56. The molecule has 5 aromatic rings. The van der Waals surface area contributed by atoms with Crippen molar-refractivity contribution in [2.24, 2.45) is 0 Å². The molecule has 3 N–H and O–H groups in total. The van der Waals surface area contributed by atoms with Gasteiger partial charge in [0.1, 0.15) is 5.82 Å². The molecule has 0 bridgehead atoms. The highest BCUT2D eigenvalue weighted by Crippen LogP contribution is 2.34. The van der Waals surface area contributed by atoms with Gasteiger partial charge in [0, 0.05) is 30.1 Å². The monoisotopic (exact) mass is 602 g/mol. The van der Waals surface area contributed by atoms with Crippen molar-refractivity contribution in [3.05, 3.63) is 94.7 Å². The van der Waals surface area contributed by atoms with E-state index in [-0.39, 0.29) is 34.7 Å². The number of nitrogens with one attached hydrogen (secondary N) is 1. The van der Waals surface area contributed by atoms with Crippen LogP contribution in [0.5, 0.6) is 11.6 Å². The molecule has 0 unspecified atom stereocenters. The van der Waals surface area contributed by atoms with E-state index in [1.807, 2.05) is 19.9 Å². The van der Waals surface area contributed by atoms with Crippen molar-refractivity contribution in [2.75, 3.05) is 25.1 Å². The van der Waals surface area contributed by atoms with Crippen molar-refractivity contribution in [3.8, 4) is 17.3 Å².